The second kappa shape index (κ2) is 4.91. The highest BCUT2D eigenvalue weighted by molar-refractivity contribution is 7.09. The molecule has 1 N–H and O–H groups in total. The molecule has 1 atom stereocenters. The van der Waals surface area contributed by atoms with Gasteiger partial charge in [0.25, 0.3) is 0 Å². The average molecular weight is 210 g/mol. The molecule has 2 rings (SSSR count). The van der Waals surface area contributed by atoms with E-state index in [4.69, 9.17) is 0 Å². The van der Waals surface area contributed by atoms with Crippen LogP contribution in [-0.4, -0.2) is 31.6 Å². The predicted molar refractivity (Wildman–Crippen MR) is 61.6 cm³/mol. The molecule has 0 saturated carbocycles. The first kappa shape index (κ1) is 10.1. The Morgan fingerprint density at radius 1 is 1.64 bits per heavy atom. The number of likely N-dealkylation sites (tertiary alicyclic amines) is 1. The van der Waals surface area contributed by atoms with E-state index in [2.05, 4.69) is 27.7 Å². The largest absolute Gasteiger partial charge is 0.319 e. The molecule has 0 radical (unpaired) electrons. The van der Waals surface area contributed by atoms with E-state index in [1.54, 1.807) is 0 Å². The summed E-state index contributed by atoms with van der Waals surface area (Å²) in [6.45, 7) is 4.85. The van der Waals surface area contributed by atoms with Crippen LogP contribution < -0.4 is 5.32 Å². The van der Waals surface area contributed by atoms with Gasteiger partial charge in [-0.05, 0) is 43.9 Å². The van der Waals surface area contributed by atoms with Gasteiger partial charge < -0.3 is 5.32 Å². The fraction of sp³-hybridized carbons (Fsp3) is 0.636. The molecule has 1 saturated heterocycles. The van der Waals surface area contributed by atoms with Crippen molar-refractivity contribution in [2.45, 2.75) is 13.0 Å². The zero-order valence-electron chi connectivity index (χ0n) is 8.70. The molecule has 0 aromatic carbocycles. The second-order valence-electron chi connectivity index (χ2n) is 4.03. The quantitative estimate of drug-likeness (QED) is 0.815. The third kappa shape index (κ3) is 2.56. The van der Waals surface area contributed by atoms with Gasteiger partial charge in [-0.2, -0.15) is 0 Å². The Morgan fingerprint density at radius 3 is 3.29 bits per heavy atom. The summed E-state index contributed by atoms with van der Waals surface area (Å²) in [4.78, 5) is 4.06. The first-order valence-corrected chi connectivity index (χ1v) is 6.16. The zero-order valence-corrected chi connectivity index (χ0v) is 9.52. The first-order chi connectivity index (χ1) is 6.88. The van der Waals surface area contributed by atoms with E-state index in [0.717, 1.165) is 12.5 Å². The molecule has 2 nitrogen and oxygen atoms in total. The van der Waals surface area contributed by atoms with Gasteiger partial charge in [0.1, 0.15) is 0 Å². The Morgan fingerprint density at radius 2 is 2.57 bits per heavy atom. The summed E-state index contributed by atoms with van der Waals surface area (Å²) >= 11 is 1.87. The molecule has 1 aromatic rings. The number of rotatable bonds is 4. The minimum absolute atomic E-state index is 0.861. The lowest BCUT2D eigenvalue weighted by molar-refractivity contribution is 0.318. The van der Waals surface area contributed by atoms with Gasteiger partial charge in [0.2, 0.25) is 0 Å². The molecule has 0 bridgehead atoms. The molecular weight excluding hydrogens is 192 g/mol. The maximum atomic E-state index is 3.26. The molecule has 1 aliphatic heterocycles. The fourth-order valence-corrected chi connectivity index (χ4v) is 2.88. The van der Waals surface area contributed by atoms with Crippen LogP contribution in [0.3, 0.4) is 0 Å². The molecule has 1 unspecified atom stereocenters. The van der Waals surface area contributed by atoms with E-state index in [1.807, 2.05) is 18.4 Å². The maximum Gasteiger partial charge on any atom is 0.0328 e. The van der Waals surface area contributed by atoms with E-state index >= 15 is 0 Å². The van der Waals surface area contributed by atoms with Crippen molar-refractivity contribution in [3.8, 4) is 0 Å². The number of hydrogen-bond donors (Lipinski definition) is 1. The maximum absolute atomic E-state index is 3.26. The Kier molecular flexibility index (Phi) is 3.56. The third-order valence-electron chi connectivity index (χ3n) is 2.82. The van der Waals surface area contributed by atoms with E-state index in [0.29, 0.717) is 0 Å². The standard InChI is InChI=1S/C11H18N2S/c1-12-7-10-4-5-13(8-10)9-11-3-2-6-14-11/h2-3,6,10,12H,4-5,7-9H2,1H3. The number of hydrogen-bond acceptors (Lipinski definition) is 3. The summed E-state index contributed by atoms with van der Waals surface area (Å²) in [5.41, 5.74) is 0. The lowest BCUT2D eigenvalue weighted by Crippen LogP contribution is -2.24. The lowest BCUT2D eigenvalue weighted by atomic mass is 10.1. The summed E-state index contributed by atoms with van der Waals surface area (Å²) in [5.74, 6) is 0.861. The molecule has 3 heteroatoms. The monoisotopic (exact) mass is 210 g/mol. The highest BCUT2D eigenvalue weighted by Gasteiger charge is 2.21. The van der Waals surface area contributed by atoms with Crippen LogP contribution in [-0.2, 0) is 6.54 Å². The molecule has 0 spiro atoms. The third-order valence-corrected chi connectivity index (χ3v) is 3.68. The van der Waals surface area contributed by atoms with E-state index in [-0.39, 0.29) is 0 Å². The normalized spacial score (nSPS) is 23.1. The molecule has 78 valence electrons. The molecule has 0 aliphatic carbocycles. The predicted octanol–water partition coefficient (Wildman–Crippen LogP) is 1.79. The molecule has 1 aromatic heterocycles. The van der Waals surface area contributed by atoms with Crippen LogP contribution in [0, 0.1) is 5.92 Å². The average Bonchev–Trinajstić information content (AvgIpc) is 2.79. The topological polar surface area (TPSA) is 15.3 Å². The van der Waals surface area contributed by atoms with E-state index in [1.165, 1.54) is 30.9 Å². The van der Waals surface area contributed by atoms with Crippen LogP contribution in [0.15, 0.2) is 17.5 Å². The van der Waals surface area contributed by atoms with Crippen LogP contribution in [0.2, 0.25) is 0 Å². The summed E-state index contributed by atoms with van der Waals surface area (Å²) in [5, 5.41) is 5.43. The van der Waals surface area contributed by atoms with Crippen molar-refractivity contribution in [1.29, 1.82) is 0 Å². The first-order valence-electron chi connectivity index (χ1n) is 5.28. The van der Waals surface area contributed by atoms with Crippen molar-refractivity contribution >= 4 is 11.3 Å². The van der Waals surface area contributed by atoms with Crippen LogP contribution in [0.1, 0.15) is 11.3 Å². The van der Waals surface area contributed by atoms with Crippen molar-refractivity contribution in [3.63, 3.8) is 0 Å². The van der Waals surface area contributed by atoms with E-state index in [9.17, 15) is 0 Å². The molecule has 1 fully saturated rings. The summed E-state index contributed by atoms with van der Waals surface area (Å²) in [7, 11) is 2.04. The van der Waals surface area contributed by atoms with Gasteiger partial charge >= 0.3 is 0 Å². The van der Waals surface area contributed by atoms with Gasteiger partial charge in [-0.25, -0.2) is 0 Å². The second-order valence-corrected chi connectivity index (χ2v) is 5.06. The van der Waals surface area contributed by atoms with Gasteiger partial charge in [-0.15, -0.1) is 11.3 Å². The Labute approximate surface area is 89.9 Å². The van der Waals surface area contributed by atoms with Crippen molar-refractivity contribution < 1.29 is 0 Å². The summed E-state index contributed by atoms with van der Waals surface area (Å²) in [6, 6.07) is 4.37. The van der Waals surface area contributed by atoms with Crippen LogP contribution in [0.25, 0.3) is 0 Å². The smallest absolute Gasteiger partial charge is 0.0328 e. The van der Waals surface area contributed by atoms with Crippen LogP contribution in [0.5, 0.6) is 0 Å². The Hall–Kier alpha value is -0.380. The van der Waals surface area contributed by atoms with Crippen molar-refractivity contribution in [2.75, 3.05) is 26.7 Å². The Balaban J connectivity index is 1.79. The van der Waals surface area contributed by atoms with Gasteiger partial charge in [0, 0.05) is 18.0 Å². The summed E-state index contributed by atoms with van der Waals surface area (Å²) < 4.78 is 0. The van der Waals surface area contributed by atoms with Gasteiger partial charge in [-0.3, -0.25) is 4.90 Å². The van der Waals surface area contributed by atoms with Crippen molar-refractivity contribution in [1.82, 2.24) is 10.2 Å². The highest BCUT2D eigenvalue weighted by atomic mass is 32.1. The number of thiophene rings is 1. The lowest BCUT2D eigenvalue weighted by Gasteiger charge is -2.14. The van der Waals surface area contributed by atoms with Gasteiger partial charge in [0.05, 0.1) is 0 Å². The van der Waals surface area contributed by atoms with Crippen LogP contribution in [0.4, 0.5) is 0 Å². The SMILES string of the molecule is CNCC1CCN(Cc2cccs2)C1. The Bertz CT molecular complexity index is 258. The molecule has 1 aliphatic rings. The zero-order chi connectivity index (χ0) is 9.80. The fourth-order valence-electron chi connectivity index (χ4n) is 2.13. The minimum atomic E-state index is 0.861. The molecular formula is C11H18N2S. The number of nitrogens with one attached hydrogen (secondary N) is 1. The molecule has 0 amide bonds. The van der Waals surface area contributed by atoms with Crippen molar-refractivity contribution in [2.24, 2.45) is 5.92 Å². The number of nitrogens with zero attached hydrogens (tertiary/aromatic N) is 1. The van der Waals surface area contributed by atoms with Gasteiger partial charge in [-0.1, -0.05) is 6.07 Å². The van der Waals surface area contributed by atoms with Crippen LogP contribution >= 0.6 is 11.3 Å². The minimum Gasteiger partial charge on any atom is -0.319 e. The summed E-state index contributed by atoms with van der Waals surface area (Å²) in [6.07, 6.45) is 1.35. The van der Waals surface area contributed by atoms with Crippen molar-refractivity contribution in [3.05, 3.63) is 22.4 Å². The molecule has 14 heavy (non-hydrogen) atoms. The highest BCUT2D eigenvalue weighted by Crippen LogP contribution is 2.19. The molecule has 2 heterocycles. The van der Waals surface area contributed by atoms with Gasteiger partial charge in [0.15, 0.2) is 0 Å². The van der Waals surface area contributed by atoms with E-state index < -0.39 is 0 Å².